The lowest BCUT2D eigenvalue weighted by Crippen LogP contribution is -2.21. The van der Waals surface area contributed by atoms with Gasteiger partial charge in [0, 0.05) is 0 Å². The highest BCUT2D eigenvalue weighted by molar-refractivity contribution is 8.00. The molecular formula is C11H14O2S. The van der Waals surface area contributed by atoms with Crippen molar-refractivity contribution in [2.24, 2.45) is 0 Å². The van der Waals surface area contributed by atoms with E-state index in [9.17, 15) is 4.79 Å². The summed E-state index contributed by atoms with van der Waals surface area (Å²) in [5, 5.41) is 0.167. The van der Waals surface area contributed by atoms with E-state index in [4.69, 9.17) is 4.42 Å². The van der Waals surface area contributed by atoms with E-state index in [-0.39, 0.29) is 11.0 Å². The van der Waals surface area contributed by atoms with Crippen molar-refractivity contribution in [3.05, 3.63) is 23.7 Å². The monoisotopic (exact) mass is 210 g/mol. The molecule has 76 valence electrons. The highest BCUT2D eigenvalue weighted by Gasteiger charge is 2.24. The van der Waals surface area contributed by atoms with Gasteiger partial charge in [-0.05, 0) is 31.1 Å². The maximum atomic E-state index is 12.0. The summed E-state index contributed by atoms with van der Waals surface area (Å²) >= 11 is 1.79. The van der Waals surface area contributed by atoms with Crippen LogP contribution < -0.4 is 0 Å². The van der Waals surface area contributed by atoms with Crippen molar-refractivity contribution < 1.29 is 9.21 Å². The van der Waals surface area contributed by atoms with E-state index < -0.39 is 0 Å². The minimum Gasteiger partial charge on any atom is -0.472 e. The number of ketones is 1. The van der Waals surface area contributed by atoms with Crippen LogP contribution in [0.15, 0.2) is 16.9 Å². The molecule has 1 aromatic rings. The number of hydrogen-bond donors (Lipinski definition) is 0. The van der Waals surface area contributed by atoms with Gasteiger partial charge in [0.05, 0.1) is 17.1 Å². The van der Waals surface area contributed by atoms with Gasteiger partial charge in [-0.25, -0.2) is 0 Å². The first kappa shape index (κ1) is 9.84. The quantitative estimate of drug-likeness (QED) is 0.703. The summed E-state index contributed by atoms with van der Waals surface area (Å²) in [5.41, 5.74) is 1.73. The van der Waals surface area contributed by atoms with Crippen molar-refractivity contribution in [2.45, 2.75) is 31.4 Å². The minimum absolute atomic E-state index is 0.167. The van der Waals surface area contributed by atoms with Crippen LogP contribution in [0.2, 0.25) is 0 Å². The van der Waals surface area contributed by atoms with Gasteiger partial charge in [0.1, 0.15) is 6.26 Å². The van der Waals surface area contributed by atoms with E-state index in [2.05, 4.69) is 0 Å². The summed E-state index contributed by atoms with van der Waals surface area (Å²) in [6.45, 7) is 1.92. The summed E-state index contributed by atoms with van der Waals surface area (Å²) in [4.78, 5) is 12.0. The molecule has 0 amide bonds. The molecule has 0 N–H and O–H groups in total. The molecule has 0 spiro atoms. The summed E-state index contributed by atoms with van der Waals surface area (Å²) < 4.78 is 5.03. The van der Waals surface area contributed by atoms with Gasteiger partial charge in [0.15, 0.2) is 5.78 Å². The SMILES string of the molecule is Cc1cocc1C(=O)C1CCCCS1. The summed E-state index contributed by atoms with van der Waals surface area (Å²) in [6.07, 6.45) is 6.67. The van der Waals surface area contributed by atoms with Crippen LogP contribution in [0.3, 0.4) is 0 Å². The topological polar surface area (TPSA) is 30.2 Å². The Hall–Kier alpha value is -0.700. The Morgan fingerprint density at radius 3 is 2.93 bits per heavy atom. The highest BCUT2D eigenvalue weighted by Crippen LogP contribution is 2.28. The van der Waals surface area contributed by atoms with Crippen LogP contribution in [-0.2, 0) is 0 Å². The second kappa shape index (κ2) is 4.22. The Morgan fingerprint density at radius 1 is 1.50 bits per heavy atom. The third kappa shape index (κ3) is 1.87. The molecule has 0 radical (unpaired) electrons. The zero-order chi connectivity index (χ0) is 9.97. The molecule has 1 atom stereocenters. The lowest BCUT2D eigenvalue weighted by molar-refractivity contribution is 0.0983. The Kier molecular flexibility index (Phi) is 2.96. The molecule has 0 aromatic carbocycles. The van der Waals surface area contributed by atoms with E-state index in [1.807, 2.05) is 6.92 Å². The lowest BCUT2D eigenvalue weighted by Gasteiger charge is -2.19. The van der Waals surface area contributed by atoms with Gasteiger partial charge in [-0.15, -0.1) is 0 Å². The number of aryl methyl sites for hydroxylation is 1. The van der Waals surface area contributed by atoms with Gasteiger partial charge in [-0.2, -0.15) is 11.8 Å². The molecule has 2 rings (SSSR count). The van der Waals surface area contributed by atoms with Crippen LogP contribution in [-0.4, -0.2) is 16.8 Å². The number of furan rings is 1. The van der Waals surface area contributed by atoms with Gasteiger partial charge in [0.25, 0.3) is 0 Å². The largest absolute Gasteiger partial charge is 0.472 e. The smallest absolute Gasteiger partial charge is 0.179 e. The van der Waals surface area contributed by atoms with Crippen LogP contribution in [0.1, 0.15) is 35.2 Å². The molecule has 1 aromatic heterocycles. The zero-order valence-electron chi connectivity index (χ0n) is 8.29. The van der Waals surface area contributed by atoms with Gasteiger partial charge in [-0.3, -0.25) is 4.79 Å². The maximum absolute atomic E-state index is 12.0. The molecule has 0 aliphatic carbocycles. The Balaban J connectivity index is 2.11. The van der Waals surface area contributed by atoms with Gasteiger partial charge < -0.3 is 4.42 Å². The molecule has 0 saturated carbocycles. The number of rotatable bonds is 2. The van der Waals surface area contributed by atoms with Crippen LogP contribution >= 0.6 is 11.8 Å². The van der Waals surface area contributed by atoms with Gasteiger partial charge >= 0.3 is 0 Å². The standard InChI is InChI=1S/C11H14O2S/c1-8-6-13-7-9(8)11(12)10-4-2-3-5-14-10/h6-7,10H,2-5H2,1H3. The number of carbonyl (C=O) groups excluding carboxylic acids is 1. The molecule has 1 saturated heterocycles. The van der Waals surface area contributed by atoms with Crippen molar-refractivity contribution in [1.29, 1.82) is 0 Å². The van der Waals surface area contributed by atoms with Crippen LogP contribution in [0.5, 0.6) is 0 Å². The normalized spacial score (nSPS) is 22.2. The highest BCUT2D eigenvalue weighted by atomic mass is 32.2. The van der Waals surface area contributed by atoms with Crippen molar-refractivity contribution in [1.82, 2.24) is 0 Å². The van der Waals surface area contributed by atoms with Crippen molar-refractivity contribution in [3.63, 3.8) is 0 Å². The maximum Gasteiger partial charge on any atom is 0.179 e. The Labute approximate surface area is 88.1 Å². The average Bonchev–Trinajstić information content (AvgIpc) is 2.65. The third-order valence-electron chi connectivity index (χ3n) is 2.59. The fourth-order valence-electron chi connectivity index (χ4n) is 1.73. The average molecular weight is 210 g/mol. The Bertz CT molecular complexity index is 324. The molecule has 1 aliphatic heterocycles. The summed E-state index contributed by atoms with van der Waals surface area (Å²) in [7, 11) is 0. The van der Waals surface area contributed by atoms with E-state index in [0.717, 1.165) is 23.3 Å². The van der Waals surface area contributed by atoms with E-state index in [0.29, 0.717) is 0 Å². The van der Waals surface area contributed by atoms with Crippen LogP contribution in [0.4, 0.5) is 0 Å². The number of carbonyl (C=O) groups is 1. The van der Waals surface area contributed by atoms with Crippen molar-refractivity contribution in [3.8, 4) is 0 Å². The molecule has 2 heterocycles. The molecule has 1 aliphatic rings. The number of hydrogen-bond acceptors (Lipinski definition) is 3. The first-order valence-electron chi connectivity index (χ1n) is 4.97. The summed E-state index contributed by atoms with van der Waals surface area (Å²) in [5.74, 6) is 1.37. The van der Waals surface area contributed by atoms with E-state index in [1.54, 1.807) is 24.3 Å². The Morgan fingerprint density at radius 2 is 2.36 bits per heavy atom. The van der Waals surface area contributed by atoms with Crippen LogP contribution in [0, 0.1) is 6.92 Å². The van der Waals surface area contributed by atoms with Gasteiger partial charge in [0.2, 0.25) is 0 Å². The molecule has 0 bridgehead atoms. The van der Waals surface area contributed by atoms with E-state index in [1.165, 1.54) is 12.8 Å². The first-order chi connectivity index (χ1) is 6.79. The number of thioether (sulfide) groups is 1. The van der Waals surface area contributed by atoms with Crippen LogP contribution in [0.25, 0.3) is 0 Å². The predicted molar refractivity (Wildman–Crippen MR) is 57.9 cm³/mol. The fourth-order valence-corrected chi connectivity index (χ4v) is 3.00. The molecule has 1 fully saturated rings. The molecule has 1 unspecified atom stereocenters. The van der Waals surface area contributed by atoms with Crippen molar-refractivity contribution >= 4 is 17.5 Å². The summed E-state index contributed by atoms with van der Waals surface area (Å²) in [6, 6.07) is 0. The second-order valence-electron chi connectivity index (χ2n) is 3.69. The second-order valence-corrected chi connectivity index (χ2v) is 5.00. The van der Waals surface area contributed by atoms with Crippen molar-refractivity contribution in [2.75, 3.05) is 5.75 Å². The minimum atomic E-state index is 0.167. The molecular weight excluding hydrogens is 196 g/mol. The lowest BCUT2D eigenvalue weighted by atomic mass is 10.0. The molecule has 2 nitrogen and oxygen atoms in total. The van der Waals surface area contributed by atoms with E-state index >= 15 is 0 Å². The fraction of sp³-hybridized carbons (Fsp3) is 0.545. The molecule has 3 heteroatoms. The third-order valence-corrected chi connectivity index (χ3v) is 3.97. The first-order valence-corrected chi connectivity index (χ1v) is 6.02. The predicted octanol–water partition coefficient (Wildman–Crippen LogP) is 3.06. The van der Waals surface area contributed by atoms with Gasteiger partial charge in [-0.1, -0.05) is 6.42 Å². The number of Topliss-reactive ketones (excluding diaryl/α,β-unsaturated/α-hetero) is 1. The zero-order valence-corrected chi connectivity index (χ0v) is 9.10. The molecule has 14 heavy (non-hydrogen) atoms.